The molecule has 0 heterocycles. The molecule has 0 radical (unpaired) electrons. The van der Waals surface area contributed by atoms with Gasteiger partial charge in [0.15, 0.2) is 0 Å². The molecule has 0 aromatic heterocycles. The molecule has 6 heteroatoms. The number of hydrogen-bond acceptors (Lipinski definition) is 6. The van der Waals surface area contributed by atoms with Gasteiger partial charge < -0.3 is 19.7 Å². The van der Waals surface area contributed by atoms with E-state index in [2.05, 4.69) is 69.4 Å². The van der Waals surface area contributed by atoms with Gasteiger partial charge in [-0.25, -0.2) is 0 Å². The highest BCUT2D eigenvalue weighted by molar-refractivity contribution is 5.69. The summed E-state index contributed by atoms with van der Waals surface area (Å²) in [5.74, 6) is 0.00685. The summed E-state index contributed by atoms with van der Waals surface area (Å²) in [5.41, 5.74) is 0. The lowest BCUT2D eigenvalue weighted by Gasteiger charge is -2.12. The fraction of sp³-hybridized carbons (Fsp3) is 0.696. The van der Waals surface area contributed by atoms with Gasteiger partial charge in [-0.2, -0.15) is 0 Å². The zero-order chi connectivity index (χ0) is 38.2. The SMILES string of the molecule is CC/C=C\C/C=C\C/C=C\C/C=C\C/C=C\C=C/C(O)CCC(=O)OC[C@@H](O)COC(=O)CCCCCCCCCCCCCCCCCC(C)C. The van der Waals surface area contributed by atoms with Crippen LogP contribution in [0, 0.1) is 5.92 Å². The Labute approximate surface area is 319 Å². The van der Waals surface area contributed by atoms with Crippen LogP contribution < -0.4 is 0 Å². The summed E-state index contributed by atoms with van der Waals surface area (Å²) in [6.45, 7) is 6.33. The molecule has 0 saturated heterocycles. The van der Waals surface area contributed by atoms with Crippen molar-refractivity contribution >= 4 is 11.9 Å². The van der Waals surface area contributed by atoms with Gasteiger partial charge >= 0.3 is 11.9 Å². The van der Waals surface area contributed by atoms with Crippen molar-refractivity contribution in [3.05, 3.63) is 72.9 Å². The van der Waals surface area contributed by atoms with E-state index in [9.17, 15) is 19.8 Å². The maximum atomic E-state index is 12.0. The van der Waals surface area contributed by atoms with E-state index in [4.69, 9.17) is 9.47 Å². The van der Waals surface area contributed by atoms with Crippen LogP contribution in [0.3, 0.4) is 0 Å². The van der Waals surface area contributed by atoms with Crippen LogP contribution in [0.25, 0.3) is 0 Å². The molecule has 0 aliphatic rings. The summed E-state index contributed by atoms with van der Waals surface area (Å²) in [5, 5.41) is 20.1. The predicted octanol–water partition coefficient (Wildman–Crippen LogP) is 12.2. The average Bonchev–Trinajstić information content (AvgIpc) is 3.13. The molecule has 0 saturated carbocycles. The van der Waals surface area contributed by atoms with E-state index in [0.717, 1.165) is 57.3 Å². The lowest BCUT2D eigenvalue weighted by molar-refractivity contribution is -0.152. The van der Waals surface area contributed by atoms with E-state index in [1.807, 2.05) is 12.2 Å². The number of aliphatic hydroxyl groups excluding tert-OH is 2. The number of rotatable bonds is 36. The van der Waals surface area contributed by atoms with Crippen LogP contribution in [0.5, 0.6) is 0 Å². The lowest BCUT2D eigenvalue weighted by Crippen LogP contribution is -2.25. The zero-order valence-electron chi connectivity index (χ0n) is 33.6. The number of aliphatic hydroxyl groups is 2. The summed E-state index contributed by atoms with van der Waals surface area (Å²) in [6, 6.07) is 0. The third-order valence-electron chi connectivity index (χ3n) is 8.75. The van der Waals surface area contributed by atoms with Crippen molar-refractivity contribution in [2.24, 2.45) is 5.92 Å². The number of unbranched alkanes of at least 4 members (excludes halogenated alkanes) is 14. The maximum absolute atomic E-state index is 12.0. The molecule has 0 aromatic rings. The first-order valence-corrected chi connectivity index (χ1v) is 21.0. The molecule has 0 fully saturated rings. The number of esters is 2. The molecule has 0 aromatic carbocycles. The van der Waals surface area contributed by atoms with Crippen molar-refractivity contribution < 1.29 is 29.3 Å². The second-order valence-corrected chi connectivity index (χ2v) is 14.4. The Hall–Kier alpha value is -2.70. The summed E-state index contributed by atoms with van der Waals surface area (Å²) < 4.78 is 10.2. The van der Waals surface area contributed by atoms with E-state index in [0.29, 0.717) is 6.42 Å². The Morgan fingerprint density at radius 2 is 0.904 bits per heavy atom. The van der Waals surface area contributed by atoms with Gasteiger partial charge in [-0.15, -0.1) is 0 Å². The Morgan fingerprint density at radius 3 is 1.37 bits per heavy atom. The molecule has 298 valence electrons. The molecule has 0 aliphatic carbocycles. The third kappa shape index (κ3) is 40.1. The first-order chi connectivity index (χ1) is 25.3. The van der Waals surface area contributed by atoms with Gasteiger partial charge in [0, 0.05) is 12.8 Å². The predicted molar refractivity (Wildman–Crippen MR) is 220 cm³/mol. The van der Waals surface area contributed by atoms with Gasteiger partial charge in [0.1, 0.15) is 19.3 Å². The first-order valence-electron chi connectivity index (χ1n) is 21.0. The highest BCUT2D eigenvalue weighted by Gasteiger charge is 2.13. The van der Waals surface area contributed by atoms with Crippen LogP contribution in [0.4, 0.5) is 0 Å². The van der Waals surface area contributed by atoms with Gasteiger partial charge in [-0.1, -0.05) is 190 Å². The molecule has 0 spiro atoms. The standard InChI is InChI=1S/C46H78O6/c1-4-5-6-7-8-9-10-11-12-15-18-21-24-27-30-33-36-43(47)38-39-46(50)52-41-44(48)40-51-45(49)37-34-31-28-25-22-19-16-13-14-17-20-23-26-29-32-35-42(2)3/h5-6,8-9,11-12,18,21,27,30,33,36,42-44,47-48H,4,7,10,13-17,19-20,22-26,28-29,31-32,34-35,37-41H2,1-3H3/b6-5-,9-8-,12-11-,21-18-,30-27-,36-33-/t43?,44-/m0/s1. The molecule has 6 nitrogen and oxygen atoms in total. The zero-order valence-corrected chi connectivity index (χ0v) is 33.6. The maximum Gasteiger partial charge on any atom is 0.305 e. The number of ether oxygens (including phenoxy) is 2. The van der Waals surface area contributed by atoms with Gasteiger partial charge in [0.2, 0.25) is 0 Å². The average molecular weight is 727 g/mol. The van der Waals surface area contributed by atoms with Crippen molar-refractivity contribution in [3.8, 4) is 0 Å². The minimum atomic E-state index is -1.06. The van der Waals surface area contributed by atoms with E-state index < -0.39 is 18.2 Å². The molecule has 0 amide bonds. The second-order valence-electron chi connectivity index (χ2n) is 14.4. The van der Waals surface area contributed by atoms with E-state index in [1.54, 1.807) is 12.2 Å². The van der Waals surface area contributed by atoms with Gasteiger partial charge in [0.05, 0.1) is 6.10 Å². The Bertz CT molecular complexity index is 989. The monoisotopic (exact) mass is 727 g/mol. The molecule has 0 rings (SSSR count). The number of carbonyl (C=O) groups excluding carboxylic acids is 2. The summed E-state index contributed by atoms with van der Waals surface area (Å²) in [4.78, 5) is 24.0. The van der Waals surface area contributed by atoms with Crippen molar-refractivity contribution in [3.63, 3.8) is 0 Å². The molecule has 1 unspecified atom stereocenters. The molecule has 2 N–H and O–H groups in total. The minimum Gasteiger partial charge on any atom is -0.463 e. The minimum absolute atomic E-state index is 0.0303. The van der Waals surface area contributed by atoms with Crippen LogP contribution in [0.1, 0.15) is 175 Å². The van der Waals surface area contributed by atoms with Crippen LogP contribution in [-0.2, 0) is 19.1 Å². The summed E-state index contributed by atoms with van der Waals surface area (Å²) in [7, 11) is 0. The van der Waals surface area contributed by atoms with Crippen LogP contribution in [0.2, 0.25) is 0 Å². The third-order valence-corrected chi connectivity index (χ3v) is 8.75. The van der Waals surface area contributed by atoms with E-state index >= 15 is 0 Å². The van der Waals surface area contributed by atoms with Crippen molar-refractivity contribution in [1.82, 2.24) is 0 Å². The van der Waals surface area contributed by atoms with Gasteiger partial charge in [-0.3, -0.25) is 9.59 Å². The fourth-order valence-corrected chi connectivity index (χ4v) is 5.56. The highest BCUT2D eigenvalue weighted by atomic mass is 16.6. The highest BCUT2D eigenvalue weighted by Crippen LogP contribution is 2.15. The fourth-order valence-electron chi connectivity index (χ4n) is 5.56. The molecular formula is C46H78O6. The molecular weight excluding hydrogens is 648 g/mol. The smallest absolute Gasteiger partial charge is 0.305 e. The molecule has 52 heavy (non-hydrogen) atoms. The van der Waals surface area contributed by atoms with Crippen molar-refractivity contribution in [2.45, 2.75) is 187 Å². The normalized spacial score (nSPS) is 13.7. The van der Waals surface area contributed by atoms with Gasteiger partial charge in [0.25, 0.3) is 0 Å². The largest absolute Gasteiger partial charge is 0.463 e. The quantitative estimate of drug-likeness (QED) is 0.0289. The Balaban J connectivity index is 3.65. The topological polar surface area (TPSA) is 93.1 Å². The van der Waals surface area contributed by atoms with Crippen LogP contribution in [0.15, 0.2) is 72.9 Å². The molecule has 0 bridgehead atoms. The van der Waals surface area contributed by atoms with E-state index in [1.165, 1.54) is 83.5 Å². The summed E-state index contributed by atoms with van der Waals surface area (Å²) in [6.07, 6.45) is 48.7. The molecule has 2 atom stereocenters. The summed E-state index contributed by atoms with van der Waals surface area (Å²) >= 11 is 0. The first kappa shape index (κ1) is 49.3. The number of allylic oxidation sites excluding steroid dienone is 11. The lowest BCUT2D eigenvalue weighted by atomic mass is 10.0. The van der Waals surface area contributed by atoms with Crippen LogP contribution >= 0.6 is 0 Å². The Morgan fingerprint density at radius 1 is 0.500 bits per heavy atom. The van der Waals surface area contributed by atoms with Crippen molar-refractivity contribution in [2.75, 3.05) is 13.2 Å². The molecule has 0 aliphatic heterocycles. The van der Waals surface area contributed by atoms with E-state index in [-0.39, 0.29) is 32.0 Å². The number of carbonyl (C=O) groups is 2. The van der Waals surface area contributed by atoms with Crippen molar-refractivity contribution in [1.29, 1.82) is 0 Å². The number of hydrogen-bond donors (Lipinski definition) is 2. The Kier molecular flexibility index (Phi) is 37.5. The van der Waals surface area contributed by atoms with Gasteiger partial charge in [-0.05, 0) is 50.9 Å². The second kappa shape index (κ2) is 39.5. The van der Waals surface area contributed by atoms with Crippen LogP contribution in [-0.4, -0.2) is 47.6 Å².